The van der Waals surface area contributed by atoms with Crippen molar-refractivity contribution in [1.82, 2.24) is 9.80 Å². The molecule has 1 aromatic rings. The highest BCUT2D eigenvalue weighted by Gasteiger charge is 2.43. The molecule has 2 aliphatic rings. The average molecular weight is 403 g/mol. The van der Waals surface area contributed by atoms with Crippen LogP contribution in [0.3, 0.4) is 0 Å². The van der Waals surface area contributed by atoms with Crippen molar-refractivity contribution in [2.75, 3.05) is 45.9 Å². The van der Waals surface area contributed by atoms with Gasteiger partial charge in [-0.05, 0) is 49.9 Å². The van der Waals surface area contributed by atoms with E-state index >= 15 is 0 Å². The van der Waals surface area contributed by atoms with E-state index in [1.54, 1.807) is 43.0 Å². The third-order valence-electron chi connectivity index (χ3n) is 5.46. The smallest absolute Gasteiger partial charge is 0.410 e. The highest BCUT2D eigenvalue weighted by atomic mass is 16.6. The number of likely N-dealkylation sites (tertiary alicyclic amines) is 2. The van der Waals surface area contributed by atoms with Crippen LogP contribution in [0.5, 0.6) is 5.75 Å². The Bertz CT molecular complexity index is 732. The van der Waals surface area contributed by atoms with Gasteiger partial charge in [0.1, 0.15) is 24.1 Å². The zero-order valence-electron chi connectivity index (χ0n) is 17.0. The molecule has 0 spiro atoms. The lowest BCUT2D eigenvalue weighted by Gasteiger charge is -2.27. The minimum atomic E-state index is -0.875. The Kier molecular flexibility index (Phi) is 6.63. The maximum atomic E-state index is 12.3. The van der Waals surface area contributed by atoms with Gasteiger partial charge in [0, 0.05) is 32.7 Å². The van der Waals surface area contributed by atoms with E-state index in [1.165, 1.54) is 0 Å². The summed E-state index contributed by atoms with van der Waals surface area (Å²) in [6, 6.07) is 8.86. The highest BCUT2D eigenvalue weighted by molar-refractivity contribution is 5.68. The predicted octanol–water partition coefficient (Wildman–Crippen LogP) is 1.07. The summed E-state index contributed by atoms with van der Waals surface area (Å²) >= 11 is 0. The van der Waals surface area contributed by atoms with Gasteiger partial charge in [0.2, 0.25) is 0 Å². The van der Waals surface area contributed by atoms with Gasteiger partial charge in [0.25, 0.3) is 0 Å². The molecule has 2 heterocycles. The minimum absolute atomic E-state index is 0.187. The van der Waals surface area contributed by atoms with Gasteiger partial charge in [0.15, 0.2) is 0 Å². The van der Waals surface area contributed by atoms with Crippen LogP contribution in [-0.2, 0) is 4.74 Å². The Labute approximate surface area is 171 Å². The van der Waals surface area contributed by atoms with E-state index in [0.717, 1.165) is 13.1 Å². The monoisotopic (exact) mass is 403 g/mol. The first-order valence-electron chi connectivity index (χ1n) is 9.92. The second-order valence-corrected chi connectivity index (χ2v) is 8.53. The van der Waals surface area contributed by atoms with Crippen LogP contribution in [0.25, 0.3) is 0 Å². The first kappa shape index (κ1) is 21.4. The number of nitrogens with zero attached hydrogens (tertiary/aromatic N) is 3. The van der Waals surface area contributed by atoms with E-state index in [1.807, 2.05) is 0 Å². The summed E-state index contributed by atoms with van der Waals surface area (Å²) < 4.78 is 11.0. The molecule has 2 unspecified atom stereocenters. The van der Waals surface area contributed by atoms with Gasteiger partial charge in [-0.25, -0.2) is 4.79 Å². The number of hydrogen-bond donors (Lipinski definition) is 2. The number of ether oxygens (including phenoxy) is 2. The van der Waals surface area contributed by atoms with Crippen LogP contribution in [0.4, 0.5) is 4.79 Å². The van der Waals surface area contributed by atoms with E-state index in [-0.39, 0.29) is 19.3 Å². The Morgan fingerprint density at radius 1 is 1.24 bits per heavy atom. The SMILES string of the molecule is CC(C)(CO)OC(=O)N1CC2CN(C[C@H](O)COc3ccc(C#N)cc3)CC2C1. The largest absolute Gasteiger partial charge is 0.491 e. The van der Waals surface area contributed by atoms with Crippen molar-refractivity contribution in [3.63, 3.8) is 0 Å². The Morgan fingerprint density at radius 3 is 2.41 bits per heavy atom. The summed E-state index contributed by atoms with van der Waals surface area (Å²) in [6.45, 7) is 6.79. The maximum absolute atomic E-state index is 12.3. The van der Waals surface area contributed by atoms with Crippen LogP contribution >= 0.6 is 0 Å². The third-order valence-corrected chi connectivity index (χ3v) is 5.46. The van der Waals surface area contributed by atoms with E-state index in [2.05, 4.69) is 11.0 Å². The fourth-order valence-corrected chi connectivity index (χ4v) is 3.89. The summed E-state index contributed by atoms with van der Waals surface area (Å²) in [7, 11) is 0. The molecule has 8 heteroatoms. The average Bonchev–Trinajstić information content (AvgIpc) is 3.25. The second-order valence-electron chi connectivity index (χ2n) is 8.53. The minimum Gasteiger partial charge on any atom is -0.491 e. The predicted molar refractivity (Wildman–Crippen MR) is 105 cm³/mol. The zero-order valence-corrected chi connectivity index (χ0v) is 17.0. The molecule has 3 atom stereocenters. The second kappa shape index (κ2) is 8.99. The lowest BCUT2D eigenvalue weighted by atomic mass is 10.0. The van der Waals surface area contributed by atoms with Crippen molar-refractivity contribution in [2.24, 2.45) is 11.8 Å². The summed E-state index contributed by atoms with van der Waals surface area (Å²) in [5, 5.41) is 28.4. The van der Waals surface area contributed by atoms with Gasteiger partial charge < -0.3 is 24.6 Å². The summed E-state index contributed by atoms with van der Waals surface area (Å²) in [6.07, 6.45) is -0.989. The summed E-state index contributed by atoms with van der Waals surface area (Å²) in [5.74, 6) is 1.36. The molecule has 8 nitrogen and oxygen atoms in total. The molecule has 0 aromatic heterocycles. The zero-order chi connectivity index (χ0) is 21.0. The van der Waals surface area contributed by atoms with Crippen LogP contribution in [0.1, 0.15) is 19.4 Å². The van der Waals surface area contributed by atoms with Gasteiger partial charge in [-0.2, -0.15) is 5.26 Å². The molecule has 3 rings (SSSR count). The third kappa shape index (κ3) is 5.60. The van der Waals surface area contributed by atoms with Crippen LogP contribution in [-0.4, -0.2) is 83.7 Å². The molecule has 1 aromatic carbocycles. The number of carbonyl (C=O) groups is 1. The van der Waals surface area contributed by atoms with Crippen molar-refractivity contribution in [2.45, 2.75) is 25.6 Å². The normalized spacial score (nSPS) is 22.8. The Balaban J connectivity index is 1.40. The van der Waals surface area contributed by atoms with Crippen molar-refractivity contribution in [1.29, 1.82) is 5.26 Å². The molecule has 158 valence electrons. The quantitative estimate of drug-likeness (QED) is 0.701. The van der Waals surface area contributed by atoms with Gasteiger partial charge in [-0.3, -0.25) is 4.90 Å². The lowest BCUT2D eigenvalue weighted by molar-refractivity contribution is -0.0193. The van der Waals surface area contributed by atoms with E-state index in [0.29, 0.717) is 42.8 Å². The molecule has 1 amide bonds. The van der Waals surface area contributed by atoms with E-state index < -0.39 is 11.7 Å². The molecule has 2 N–H and O–H groups in total. The highest BCUT2D eigenvalue weighted by Crippen LogP contribution is 2.32. The van der Waals surface area contributed by atoms with Gasteiger partial charge in [-0.1, -0.05) is 0 Å². The molecule has 2 aliphatic heterocycles. The van der Waals surface area contributed by atoms with Crippen LogP contribution < -0.4 is 4.74 Å². The number of amides is 1. The van der Waals surface area contributed by atoms with Crippen molar-refractivity contribution in [3.8, 4) is 11.8 Å². The number of aliphatic hydroxyl groups is 2. The Hall–Kier alpha value is -2.34. The molecule has 0 bridgehead atoms. The number of hydrogen-bond acceptors (Lipinski definition) is 7. The van der Waals surface area contributed by atoms with E-state index in [9.17, 15) is 15.0 Å². The molecule has 0 aliphatic carbocycles. The number of rotatable bonds is 7. The number of aliphatic hydroxyl groups excluding tert-OH is 2. The summed E-state index contributed by atoms with van der Waals surface area (Å²) in [4.78, 5) is 16.2. The number of β-amino-alcohol motifs (C(OH)–C–C–N with tert-alkyl or cyclic N) is 1. The van der Waals surface area contributed by atoms with Gasteiger partial charge >= 0.3 is 6.09 Å². The summed E-state index contributed by atoms with van der Waals surface area (Å²) in [5.41, 5.74) is -0.306. The lowest BCUT2D eigenvalue weighted by Crippen LogP contribution is -2.41. The topological polar surface area (TPSA) is 106 Å². The fourth-order valence-electron chi connectivity index (χ4n) is 3.89. The van der Waals surface area contributed by atoms with Gasteiger partial charge in [0.05, 0.1) is 18.2 Å². The Morgan fingerprint density at radius 2 is 1.86 bits per heavy atom. The number of carbonyl (C=O) groups excluding carboxylic acids is 1. The maximum Gasteiger partial charge on any atom is 0.410 e. The first-order valence-corrected chi connectivity index (χ1v) is 9.92. The fraction of sp³-hybridized carbons (Fsp3) is 0.619. The molecule has 2 saturated heterocycles. The van der Waals surface area contributed by atoms with E-state index in [4.69, 9.17) is 14.7 Å². The first-order chi connectivity index (χ1) is 13.8. The van der Waals surface area contributed by atoms with Crippen molar-refractivity contribution in [3.05, 3.63) is 29.8 Å². The van der Waals surface area contributed by atoms with Gasteiger partial charge in [-0.15, -0.1) is 0 Å². The molecule has 29 heavy (non-hydrogen) atoms. The van der Waals surface area contributed by atoms with Crippen molar-refractivity contribution < 1.29 is 24.5 Å². The molecular formula is C21H29N3O5. The number of benzene rings is 1. The standard InChI is InChI=1S/C21H29N3O5/c1-21(2,14-25)29-20(27)24-10-16-8-23(9-17(16)11-24)12-18(26)13-28-19-5-3-15(7-22)4-6-19/h3-6,16-18,25-26H,8-14H2,1-2H3/t16?,17?,18-/m0/s1. The molecule has 0 saturated carbocycles. The van der Waals surface area contributed by atoms with Crippen LogP contribution in [0.15, 0.2) is 24.3 Å². The van der Waals surface area contributed by atoms with Crippen molar-refractivity contribution >= 4 is 6.09 Å². The number of nitriles is 1. The molecular weight excluding hydrogens is 374 g/mol. The van der Waals surface area contributed by atoms with Crippen LogP contribution in [0, 0.1) is 23.2 Å². The molecule has 2 fully saturated rings. The number of fused-ring (bicyclic) bond motifs is 1. The molecule has 0 radical (unpaired) electrons. The van der Waals surface area contributed by atoms with Crippen LogP contribution in [0.2, 0.25) is 0 Å².